The third-order valence-corrected chi connectivity index (χ3v) is 3.19. The van der Waals surface area contributed by atoms with Gasteiger partial charge < -0.3 is 15.0 Å². The highest BCUT2D eigenvalue weighted by Crippen LogP contribution is 2.29. The molecule has 20 heavy (non-hydrogen) atoms. The second-order valence-corrected chi connectivity index (χ2v) is 6.53. The Kier molecular flexibility index (Phi) is 5.74. The van der Waals surface area contributed by atoms with Crippen molar-refractivity contribution >= 4 is 6.09 Å². The molecule has 1 fully saturated rings. The van der Waals surface area contributed by atoms with Crippen molar-refractivity contribution < 1.29 is 18.3 Å². The van der Waals surface area contributed by atoms with Crippen LogP contribution in [0.25, 0.3) is 0 Å². The highest BCUT2D eigenvalue weighted by atomic mass is 19.3. The van der Waals surface area contributed by atoms with E-state index in [4.69, 9.17) is 4.74 Å². The summed E-state index contributed by atoms with van der Waals surface area (Å²) >= 11 is 0. The maximum Gasteiger partial charge on any atom is 0.410 e. The van der Waals surface area contributed by atoms with Gasteiger partial charge in [0.1, 0.15) is 5.60 Å². The molecule has 0 aliphatic carbocycles. The number of rotatable bonds is 4. The van der Waals surface area contributed by atoms with E-state index in [1.165, 1.54) is 7.05 Å². The van der Waals surface area contributed by atoms with Gasteiger partial charge in [-0.3, -0.25) is 0 Å². The Hall–Kier alpha value is -0.910. The molecule has 1 heterocycles. The maximum atomic E-state index is 13.6. The van der Waals surface area contributed by atoms with Gasteiger partial charge in [-0.15, -0.1) is 0 Å². The van der Waals surface area contributed by atoms with E-state index in [0.29, 0.717) is 13.1 Å². The van der Waals surface area contributed by atoms with Gasteiger partial charge in [0.2, 0.25) is 0 Å². The molecule has 0 aromatic carbocycles. The quantitative estimate of drug-likeness (QED) is 0.866. The average molecular weight is 292 g/mol. The van der Waals surface area contributed by atoms with E-state index >= 15 is 0 Å². The van der Waals surface area contributed by atoms with Crippen molar-refractivity contribution in [1.29, 1.82) is 0 Å². The first-order chi connectivity index (χ1) is 9.13. The molecule has 0 aromatic heterocycles. The highest BCUT2D eigenvalue weighted by molar-refractivity contribution is 5.68. The monoisotopic (exact) mass is 292 g/mol. The van der Waals surface area contributed by atoms with Gasteiger partial charge in [0.25, 0.3) is 5.92 Å². The van der Waals surface area contributed by atoms with Crippen molar-refractivity contribution in [2.45, 2.75) is 51.6 Å². The lowest BCUT2D eigenvalue weighted by molar-refractivity contribution is -0.0339. The maximum absolute atomic E-state index is 13.6. The zero-order valence-electron chi connectivity index (χ0n) is 12.8. The normalized spacial score (nSPS) is 20.9. The lowest BCUT2D eigenvalue weighted by Crippen LogP contribution is -2.44. The number of amides is 1. The molecule has 1 rings (SSSR count). The average Bonchev–Trinajstić information content (AvgIpc) is 2.26. The van der Waals surface area contributed by atoms with Crippen LogP contribution in [-0.2, 0) is 4.74 Å². The summed E-state index contributed by atoms with van der Waals surface area (Å²) in [5, 5.41) is 2.51. The Labute approximate surface area is 119 Å². The lowest BCUT2D eigenvalue weighted by Gasteiger charge is -2.35. The van der Waals surface area contributed by atoms with Crippen molar-refractivity contribution in [3.05, 3.63) is 0 Å². The number of nitrogens with one attached hydrogen (secondary N) is 1. The third-order valence-electron chi connectivity index (χ3n) is 3.19. The molecule has 0 bridgehead atoms. The van der Waals surface area contributed by atoms with Gasteiger partial charge in [0.05, 0.1) is 6.54 Å². The van der Waals surface area contributed by atoms with E-state index in [0.717, 1.165) is 12.8 Å². The second kappa shape index (κ2) is 6.70. The number of carbonyl (C=O) groups is 1. The first-order valence-electron chi connectivity index (χ1n) is 7.13. The number of likely N-dealkylation sites (tertiary alicyclic amines) is 1. The van der Waals surface area contributed by atoms with Crippen LogP contribution in [0.3, 0.4) is 0 Å². The highest BCUT2D eigenvalue weighted by Gasteiger charge is 2.35. The number of ether oxygens (including phenoxy) is 1. The molecule has 118 valence electrons. The standard InChI is InChI=1S/C14H26F2N2O2/c1-13(2,3)20-12(19)18-7-5-6-11(9-18)8-14(15,16)10-17-4/h11,17H,5-10H2,1-4H3. The molecule has 1 aliphatic heterocycles. The summed E-state index contributed by atoms with van der Waals surface area (Å²) in [6.45, 7) is 6.02. The topological polar surface area (TPSA) is 41.6 Å². The van der Waals surface area contributed by atoms with Crippen molar-refractivity contribution in [2.24, 2.45) is 5.92 Å². The summed E-state index contributed by atoms with van der Waals surface area (Å²) < 4.78 is 32.5. The van der Waals surface area contributed by atoms with E-state index in [-0.39, 0.29) is 18.9 Å². The molecule has 1 N–H and O–H groups in total. The molecule has 0 radical (unpaired) electrons. The Morgan fingerprint density at radius 3 is 2.60 bits per heavy atom. The fourth-order valence-corrected chi connectivity index (χ4v) is 2.48. The van der Waals surface area contributed by atoms with Crippen LogP contribution >= 0.6 is 0 Å². The minimum Gasteiger partial charge on any atom is -0.444 e. The third kappa shape index (κ3) is 6.03. The second-order valence-electron chi connectivity index (χ2n) is 6.53. The molecule has 1 aliphatic rings. The predicted molar refractivity (Wildman–Crippen MR) is 74.0 cm³/mol. The van der Waals surface area contributed by atoms with Gasteiger partial charge >= 0.3 is 6.09 Å². The Bertz CT molecular complexity index is 330. The molecular weight excluding hydrogens is 266 g/mol. The largest absolute Gasteiger partial charge is 0.444 e. The Morgan fingerprint density at radius 1 is 1.40 bits per heavy atom. The van der Waals surface area contributed by atoms with E-state index in [1.54, 1.807) is 25.7 Å². The number of hydrogen-bond donors (Lipinski definition) is 1. The van der Waals surface area contributed by atoms with E-state index in [9.17, 15) is 13.6 Å². The summed E-state index contributed by atoms with van der Waals surface area (Å²) in [5.74, 6) is -2.89. The summed E-state index contributed by atoms with van der Waals surface area (Å²) in [7, 11) is 1.52. The Morgan fingerprint density at radius 2 is 2.05 bits per heavy atom. The van der Waals surface area contributed by atoms with Gasteiger partial charge in [-0.05, 0) is 46.6 Å². The molecule has 1 unspecified atom stereocenters. The molecule has 1 saturated heterocycles. The van der Waals surface area contributed by atoms with E-state index in [1.807, 2.05) is 0 Å². The van der Waals surface area contributed by atoms with Crippen LogP contribution in [0, 0.1) is 5.92 Å². The van der Waals surface area contributed by atoms with E-state index < -0.39 is 17.6 Å². The van der Waals surface area contributed by atoms with Crippen LogP contribution in [0.15, 0.2) is 0 Å². The van der Waals surface area contributed by atoms with Crippen LogP contribution in [-0.4, -0.2) is 49.2 Å². The van der Waals surface area contributed by atoms with Crippen LogP contribution in [0.2, 0.25) is 0 Å². The number of halogens is 2. The smallest absolute Gasteiger partial charge is 0.410 e. The number of alkyl halides is 2. The van der Waals surface area contributed by atoms with Gasteiger partial charge in [-0.2, -0.15) is 0 Å². The Balaban J connectivity index is 2.52. The van der Waals surface area contributed by atoms with Crippen molar-refractivity contribution in [3.8, 4) is 0 Å². The SMILES string of the molecule is CNCC(F)(F)CC1CCCN(C(=O)OC(C)(C)C)C1. The summed E-state index contributed by atoms with van der Waals surface area (Å²) in [4.78, 5) is 13.5. The van der Waals surface area contributed by atoms with E-state index in [2.05, 4.69) is 5.32 Å². The minimum atomic E-state index is -2.73. The van der Waals surface area contributed by atoms with Gasteiger partial charge in [-0.25, -0.2) is 13.6 Å². The molecule has 0 aromatic rings. The number of hydrogen-bond acceptors (Lipinski definition) is 3. The lowest BCUT2D eigenvalue weighted by atomic mass is 9.92. The minimum absolute atomic E-state index is 0.167. The fourth-order valence-electron chi connectivity index (χ4n) is 2.48. The molecule has 0 spiro atoms. The van der Waals surface area contributed by atoms with Gasteiger partial charge in [0.15, 0.2) is 0 Å². The van der Waals surface area contributed by atoms with Crippen LogP contribution in [0.5, 0.6) is 0 Å². The molecule has 6 heteroatoms. The zero-order valence-corrected chi connectivity index (χ0v) is 12.8. The van der Waals surface area contributed by atoms with Crippen molar-refractivity contribution in [1.82, 2.24) is 10.2 Å². The molecule has 1 amide bonds. The molecular formula is C14H26F2N2O2. The van der Waals surface area contributed by atoms with Crippen molar-refractivity contribution in [3.63, 3.8) is 0 Å². The number of carbonyl (C=O) groups excluding carboxylic acids is 1. The first-order valence-corrected chi connectivity index (χ1v) is 7.13. The summed E-state index contributed by atoms with van der Waals surface area (Å²) in [6, 6.07) is 0. The van der Waals surface area contributed by atoms with Crippen molar-refractivity contribution in [2.75, 3.05) is 26.7 Å². The fraction of sp³-hybridized carbons (Fsp3) is 0.929. The zero-order chi connectivity index (χ0) is 15.4. The molecule has 4 nitrogen and oxygen atoms in total. The molecule has 1 atom stereocenters. The molecule has 0 saturated carbocycles. The number of piperidine rings is 1. The number of nitrogens with zero attached hydrogens (tertiary/aromatic N) is 1. The summed E-state index contributed by atoms with van der Waals surface area (Å²) in [5.41, 5.74) is -0.555. The van der Waals surface area contributed by atoms with Crippen LogP contribution < -0.4 is 5.32 Å². The van der Waals surface area contributed by atoms with Gasteiger partial charge in [-0.1, -0.05) is 0 Å². The van der Waals surface area contributed by atoms with Gasteiger partial charge in [0, 0.05) is 19.5 Å². The van der Waals surface area contributed by atoms with Crippen LogP contribution in [0.1, 0.15) is 40.0 Å². The summed E-state index contributed by atoms with van der Waals surface area (Å²) in [6.07, 6.45) is 0.893. The predicted octanol–water partition coefficient (Wildman–Crippen LogP) is 2.88. The van der Waals surface area contributed by atoms with Crippen LogP contribution in [0.4, 0.5) is 13.6 Å². The first kappa shape index (κ1) is 17.1.